The Bertz CT molecular complexity index is 942. The van der Waals surface area contributed by atoms with Crippen molar-refractivity contribution in [2.24, 2.45) is 0 Å². The lowest BCUT2D eigenvalue weighted by Gasteiger charge is -2.13. The number of benzene rings is 2. The molecule has 140 valence electrons. The van der Waals surface area contributed by atoms with E-state index in [0.717, 1.165) is 22.9 Å². The van der Waals surface area contributed by atoms with Crippen molar-refractivity contribution < 1.29 is 19.4 Å². The van der Waals surface area contributed by atoms with Crippen LogP contribution in [-0.4, -0.2) is 27.8 Å². The molecule has 0 radical (unpaired) electrons. The Morgan fingerprint density at radius 1 is 1.26 bits per heavy atom. The van der Waals surface area contributed by atoms with Gasteiger partial charge >= 0.3 is 0 Å². The maximum atomic E-state index is 12.7. The monoisotopic (exact) mass is 447 g/mol. The van der Waals surface area contributed by atoms with E-state index in [9.17, 15) is 14.7 Å². The molecule has 0 saturated carbocycles. The Morgan fingerprint density at radius 3 is 2.74 bits per heavy atom. The Labute approximate surface area is 170 Å². The van der Waals surface area contributed by atoms with Gasteiger partial charge in [0.25, 0.3) is 11.1 Å². The van der Waals surface area contributed by atoms with Crippen LogP contribution in [0, 0.1) is 6.92 Å². The quantitative estimate of drug-likeness (QED) is 0.645. The summed E-state index contributed by atoms with van der Waals surface area (Å²) in [7, 11) is 0. The number of aryl methyl sites for hydroxylation is 1. The minimum absolute atomic E-state index is 0.00780. The van der Waals surface area contributed by atoms with E-state index in [4.69, 9.17) is 4.74 Å². The van der Waals surface area contributed by atoms with Gasteiger partial charge in [0.15, 0.2) is 11.5 Å². The molecular formula is C20H18BrNO4S. The summed E-state index contributed by atoms with van der Waals surface area (Å²) in [5.41, 5.74) is 2.63. The zero-order valence-electron chi connectivity index (χ0n) is 14.9. The van der Waals surface area contributed by atoms with Crippen molar-refractivity contribution >= 4 is 44.9 Å². The number of carbonyl (C=O) groups is 2. The van der Waals surface area contributed by atoms with E-state index in [2.05, 4.69) is 15.9 Å². The molecule has 2 aromatic carbocycles. The number of halogens is 1. The third kappa shape index (κ3) is 4.36. The van der Waals surface area contributed by atoms with Crippen LogP contribution >= 0.6 is 27.7 Å². The third-order valence-corrected chi connectivity index (χ3v) is 5.56. The van der Waals surface area contributed by atoms with E-state index in [1.165, 1.54) is 11.0 Å². The maximum absolute atomic E-state index is 12.7. The fourth-order valence-electron chi connectivity index (χ4n) is 2.71. The van der Waals surface area contributed by atoms with Gasteiger partial charge in [-0.05, 0) is 54.9 Å². The molecule has 0 aliphatic carbocycles. The van der Waals surface area contributed by atoms with Gasteiger partial charge in [0.1, 0.15) is 0 Å². The predicted molar refractivity (Wildman–Crippen MR) is 110 cm³/mol. The molecule has 7 heteroatoms. The predicted octanol–water partition coefficient (Wildman–Crippen LogP) is 5.10. The lowest BCUT2D eigenvalue weighted by atomic mass is 10.1. The van der Waals surface area contributed by atoms with Gasteiger partial charge in [0.2, 0.25) is 0 Å². The second kappa shape index (κ2) is 8.19. The Balaban J connectivity index is 1.87. The molecule has 1 heterocycles. The average molecular weight is 448 g/mol. The minimum atomic E-state index is -0.329. The molecular weight excluding hydrogens is 430 g/mol. The number of ether oxygens (including phenoxy) is 1. The van der Waals surface area contributed by atoms with Crippen molar-refractivity contribution in [2.75, 3.05) is 6.61 Å². The molecule has 0 spiro atoms. The first-order valence-corrected chi connectivity index (χ1v) is 9.96. The van der Waals surface area contributed by atoms with Crippen LogP contribution in [0.15, 0.2) is 45.8 Å². The zero-order chi connectivity index (χ0) is 19.6. The SMILES string of the molecule is CCOc1cc(/C=C2\SC(=O)N(Cc3cccc(C)c3)C2=O)c(Br)cc1O. The second-order valence-electron chi connectivity index (χ2n) is 6.03. The summed E-state index contributed by atoms with van der Waals surface area (Å²) in [6.45, 7) is 4.43. The lowest BCUT2D eigenvalue weighted by molar-refractivity contribution is -0.123. The summed E-state index contributed by atoms with van der Waals surface area (Å²) in [6.07, 6.45) is 1.63. The first-order chi connectivity index (χ1) is 12.9. The molecule has 1 N–H and O–H groups in total. The summed E-state index contributed by atoms with van der Waals surface area (Å²) in [6, 6.07) is 10.9. The normalized spacial score (nSPS) is 15.7. The van der Waals surface area contributed by atoms with Crippen molar-refractivity contribution in [1.29, 1.82) is 0 Å². The molecule has 0 bridgehead atoms. The van der Waals surface area contributed by atoms with E-state index in [1.54, 1.807) is 12.1 Å². The van der Waals surface area contributed by atoms with Gasteiger partial charge in [-0.25, -0.2) is 0 Å². The van der Waals surface area contributed by atoms with Crippen molar-refractivity contribution in [3.8, 4) is 11.5 Å². The molecule has 0 atom stereocenters. The van der Waals surface area contributed by atoms with Gasteiger partial charge in [-0.2, -0.15) is 0 Å². The van der Waals surface area contributed by atoms with E-state index in [-0.39, 0.29) is 23.4 Å². The number of amides is 2. The summed E-state index contributed by atoms with van der Waals surface area (Å²) < 4.78 is 5.99. The Hall–Kier alpha value is -2.25. The molecule has 1 fully saturated rings. The van der Waals surface area contributed by atoms with Crippen molar-refractivity contribution in [1.82, 2.24) is 4.90 Å². The highest BCUT2D eigenvalue weighted by Crippen LogP contribution is 2.38. The van der Waals surface area contributed by atoms with E-state index >= 15 is 0 Å². The topological polar surface area (TPSA) is 66.8 Å². The molecule has 0 aromatic heterocycles. The van der Waals surface area contributed by atoms with Crippen LogP contribution in [0.4, 0.5) is 4.79 Å². The number of hydrogen-bond acceptors (Lipinski definition) is 5. The van der Waals surface area contributed by atoms with Gasteiger partial charge in [0.05, 0.1) is 18.1 Å². The largest absolute Gasteiger partial charge is 0.504 e. The Kier molecular flexibility index (Phi) is 5.92. The Morgan fingerprint density at radius 2 is 2.04 bits per heavy atom. The highest BCUT2D eigenvalue weighted by Gasteiger charge is 2.35. The average Bonchev–Trinajstić information content (AvgIpc) is 2.87. The van der Waals surface area contributed by atoms with Crippen molar-refractivity contribution in [3.05, 3.63) is 62.5 Å². The van der Waals surface area contributed by atoms with E-state index < -0.39 is 0 Å². The van der Waals surface area contributed by atoms with Crippen molar-refractivity contribution in [2.45, 2.75) is 20.4 Å². The number of imide groups is 1. The second-order valence-corrected chi connectivity index (χ2v) is 7.88. The first kappa shape index (κ1) is 19.5. The molecule has 2 aromatic rings. The van der Waals surface area contributed by atoms with Gasteiger partial charge in [-0.3, -0.25) is 14.5 Å². The van der Waals surface area contributed by atoms with Crippen LogP contribution in [0.2, 0.25) is 0 Å². The molecule has 0 unspecified atom stereocenters. The number of hydrogen-bond donors (Lipinski definition) is 1. The first-order valence-electron chi connectivity index (χ1n) is 8.35. The summed E-state index contributed by atoms with van der Waals surface area (Å²) >= 11 is 4.28. The van der Waals surface area contributed by atoms with Crippen LogP contribution in [0.25, 0.3) is 6.08 Å². The fraction of sp³-hybridized carbons (Fsp3) is 0.200. The van der Waals surface area contributed by atoms with Gasteiger partial charge in [-0.1, -0.05) is 45.8 Å². The molecule has 5 nitrogen and oxygen atoms in total. The number of nitrogens with zero attached hydrogens (tertiary/aromatic N) is 1. The highest BCUT2D eigenvalue weighted by atomic mass is 79.9. The zero-order valence-corrected chi connectivity index (χ0v) is 17.3. The standard InChI is InChI=1S/C20H18BrNO4S/c1-3-26-17-8-14(15(21)10-16(17)23)9-18-19(24)22(20(25)27-18)11-13-6-4-5-12(2)7-13/h4-10,23H,3,11H2,1-2H3/b18-9-. The molecule has 2 amide bonds. The van der Waals surface area contributed by atoms with Gasteiger partial charge in [-0.15, -0.1) is 0 Å². The van der Waals surface area contributed by atoms with E-state index in [0.29, 0.717) is 27.3 Å². The van der Waals surface area contributed by atoms with Gasteiger partial charge in [0, 0.05) is 4.47 Å². The number of phenols is 1. The number of carbonyl (C=O) groups excluding carboxylic acids is 2. The summed E-state index contributed by atoms with van der Waals surface area (Å²) in [5.74, 6) is 0.00353. The molecule has 27 heavy (non-hydrogen) atoms. The lowest BCUT2D eigenvalue weighted by Crippen LogP contribution is -2.27. The highest BCUT2D eigenvalue weighted by molar-refractivity contribution is 9.10. The van der Waals surface area contributed by atoms with Crippen LogP contribution in [0.5, 0.6) is 11.5 Å². The molecule has 1 saturated heterocycles. The molecule has 1 aliphatic heterocycles. The summed E-state index contributed by atoms with van der Waals surface area (Å²) in [5, 5.41) is 9.62. The minimum Gasteiger partial charge on any atom is -0.504 e. The summed E-state index contributed by atoms with van der Waals surface area (Å²) in [4.78, 5) is 26.6. The van der Waals surface area contributed by atoms with Crippen LogP contribution in [0.1, 0.15) is 23.6 Å². The van der Waals surface area contributed by atoms with Crippen molar-refractivity contribution in [3.63, 3.8) is 0 Å². The smallest absolute Gasteiger partial charge is 0.293 e. The van der Waals surface area contributed by atoms with Crippen LogP contribution in [-0.2, 0) is 11.3 Å². The maximum Gasteiger partial charge on any atom is 0.293 e. The number of phenolic OH excluding ortho intramolecular Hbond substituents is 1. The number of thioether (sulfide) groups is 1. The number of rotatable bonds is 5. The van der Waals surface area contributed by atoms with E-state index in [1.807, 2.05) is 38.1 Å². The van der Waals surface area contributed by atoms with Gasteiger partial charge < -0.3 is 9.84 Å². The molecule has 3 rings (SSSR count). The fourth-order valence-corrected chi connectivity index (χ4v) is 3.99. The number of aromatic hydroxyl groups is 1. The van der Waals surface area contributed by atoms with Crippen LogP contribution < -0.4 is 4.74 Å². The third-order valence-electron chi connectivity index (χ3n) is 3.96. The molecule has 1 aliphatic rings. The van der Waals surface area contributed by atoms with Crippen LogP contribution in [0.3, 0.4) is 0 Å².